The molecule has 7 aromatic rings. The van der Waals surface area contributed by atoms with Gasteiger partial charge in [0, 0.05) is 26.4 Å². The lowest BCUT2D eigenvalue weighted by Gasteiger charge is -2.33. The number of rotatable bonds is 10. The van der Waals surface area contributed by atoms with Crippen LogP contribution in [0.25, 0.3) is 27.5 Å². The van der Waals surface area contributed by atoms with Crippen LogP contribution in [0.2, 0.25) is 0 Å². The molecule has 0 saturated carbocycles. The second-order valence-electron chi connectivity index (χ2n) is 14.0. The average Bonchev–Trinajstić information content (AvgIpc) is 3.46. The zero-order valence-electron chi connectivity index (χ0n) is 32.4. The normalized spacial score (nSPS) is 11.9. The summed E-state index contributed by atoms with van der Waals surface area (Å²) in [5.74, 6) is 0.988. The van der Waals surface area contributed by atoms with Crippen LogP contribution in [0.3, 0.4) is 0 Å². The number of fused-ring (bicyclic) bond motifs is 3. The van der Waals surface area contributed by atoms with Crippen LogP contribution in [0.1, 0.15) is 33.4 Å². The Morgan fingerprint density at radius 1 is 0.625 bits per heavy atom. The van der Waals surface area contributed by atoms with E-state index in [-0.39, 0.29) is 26.9 Å². The highest BCUT2D eigenvalue weighted by Gasteiger charge is 2.36. The van der Waals surface area contributed by atoms with Crippen LogP contribution >= 0.6 is 15.9 Å². The topological polar surface area (TPSA) is 107 Å². The van der Waals surface area contributed by atoms with E-state index < -0.39 is 20.0 Å². The molecule has 7 rings (SSSR count). The predicted molar refractivity (Wildman–Crippen MR) is 229 cm³/mol. The number of halogens is 1. The number of aryl methyl sites for hydroxylation is 4. The largest absolute Gasteiger partial charge is 0.496 e. The fourth-order valence-corrected chi connectivity index (χ4v) is 10.6. The third-order valence-electron chi connectivity index (χ3n) is 10.1. The maximum Gasteiger partial charge on any atom is 0.268 e. The second kappa shape index (κ2) is 14.6. The van der Waals surface area contributed by atoms with Crippen molar-refractivity contribution >= 4 is 74.8 Å². The highest BCUT2D eigenvalue weighted by atomic mass is 79.9. The minimum Gasteiger partial charge on any atom is -0.496 e. The van der Waals surface area contributed by atoms with Gasteiger partial charge in [-0.15, -0.1) is 0 Å². The standard InChI is InChI=1S/C44H42BrN3O6S2/c1-26-13-18-33(19-14-26)55(49,50)46-37-23-28(3)43(53-7)30(5)41(37)48(56(51,52)34-20-15-27(2)16-21-34)40-24-29(4)44(54-8)31(6)42(40)47-38-12-10-9-11-35(38)36-22-17-32(45)25-39(36)47/h9-25,46H,1-8H3. The van der Waals surface area contributed by atoms with E-state index in [4.69, 9.17) is 9.47 Å². The Hall–Kier alpha value is -5.30. The maximum absolute atomic E-state index is 15.6. The van der Waals surface area contributed by atoms with E-state index in [1.165, 1.54) is 23.5 Å². The summed E-state index contributed by atoms with van der Waals surface area (Å²) < 4.78 is 78.5. The summed E-state index contributed by atoms with van der Waals surface area (Å²) in [4.78, 5) is 0.0391. The van der Waals surface area contributed by atoms with Crippen molar-refractivity contribution in [2.45, 2.75) is 51.3 Å². The summed E-state index contributed by atoms with van der Waals surface area (Å²) in [6.45, 7) is 11.1. The van der Waals surface area contributed by atoms with Crippen molar-refractivity contribution in [1.29, 1.82) is 0 Å². The van der Waals surface area contributed by atoms with Crippen molar-refractivity contribution < 1.29 is 26.3 Å². The number of aromatic nitrogens is 1. The Morgan fingerprint density at radius 3 is 1.80 bits per heavy atom. The molecule has 0 spiro atoms. The summed E-state index contributed by atoms with van der Waals surface area (Å²) >= 11 is 3.68. The van der Waals surface area contributed by atoms with Crippen molar-refractivity contribution in [3.8, 4) is 17.2 Å². The molecular weight excluding hydrogens is 811 g/mol. The molecule has 0 saturated heterocycles. The van der Waals surface area contributed by atoms with E-state index in [1.54, 1.807) is 69.5 Å². The minimum atomic E-state index is -4.53. The van der Waals surface area contributed by atoms with Gasteiger partial charge in [-0.1, -0.05) is 75.6 Å². The van der Waals surface area contributed by atoms with E-state index in [2.05, 4.69) is 25.2 Å². The summed E-state index contributed by atoms with van der Waals surface area (Å²) in [6.07, 6.45) is 0. The number of methoxy groups -OCH3 is 2. The number of sulfonamides is 2. The van der Waals surface area contributed by atoms with Crippen molar-refractivity contribution in [2.75, 3.05) is 23.2 Å². The molecule has 0 aliphatic heterocycles. The molecule has 12 heteroatoms. The van der Waals surface area contributed by atoms with Gasteiger partial charge in [0.2, 0.25) is 0 Å². The quantitative estimate of drug-likeness (QED) is 0.147. The van der Waals surface area contributed by atoms with Gasteiger partial charge in [0.15, 0.2) is 0 Å². The number of para-hydroxylation sites is 1. The third-order valence-corrected chi connectivity index (χ3v) is 13.7. The first kappa shape index (κ1) is 39.0. The van der Waals surface area contributed by atoms with E-state index in [0.29, 0.717) is 39.4 Å². The van der Waals surface area contributed by atoms with Gasteiger partial charge in [-0.25, -0.2) is 21.1 Å². The molecule has 1 aromatic heterocycles. The van der Waals surface area contributed by atoms with Gasteiger partial charge in [-0.05, 0) is 107 Å². The average molecular weight is 853 g/mol. The number of hydrogen-bond acceptors (Lipinski definition) is 6. The van der Waals surface area contributed by atoms with E-state index in [1.807, 2.05) is 70.2 Å². The molecule has 9 nitrogen and oxygen atoms in total. The monoisotopic (exact) mass is 851 g/mol. The number of ether oxygens (including phenoxy) is 2. The second-order valence-corrected chi connectivity index (χ2v) is 18.4. The van der Waals surface area contributed by atoms with Gasteiger partial charge < -0.3 is 14.0 Å². The zero-order chi connectivity index (χ0) is 40.3. The van der Waals surface area contributed by atoms with Gasteiger partial charge >= 0.3 is 0 Å². The van der Waals surface area contributed by atoms with Crippen molar-refractivity contribution in [3.63, 3.8) is 0 Å². The highest BCUT2D eigenvalue weighted by Crippen LogP contribution is 2.50. The van der Waals surface area contributed by atoms with Crippen molar-refractivity contribution in [2.24, 2.45) is 0 Å². The number of nitrogens with zero attached hydrogens (tertiary/aromatic N) is 2. The van der Waals surface area contributed by atoms with Crippen molar-refractivity contribution in [3.05, 3.63) is 141 Å². The summed E-state index contributed by atoms with van der Waals surface area (Å²) in [7, 11) is -5.65. The summed E-state index contributed by atoms with van der Waals surface area (Å²) in [5.41, 5.74) is 6.73. The highest BCUT2D eigenvalue weighted by molar-refractivity contribution is 9.10. The van der Waals surface area contributed by atoms with Crippen LogP contribution < -0.4 is 18.5 Å². The fraction of sp³-hybridized carbons (Fsp3) is 0.182. The lowest BCUT2D eigenvalue weighted by atomic mass is 10.0. The number of anilines is 3. The molecule has 0 unspecified atom stereocenters. The first-order chi connectivity index (χ1) is 26.6. The third kappa shape index (κ3) is 6.59. The number of benzene rings is 6. The van der Waals surface area contributed by atoms with Gasteiger partial charge in [0.25, 0.3) is 20.0 Å². The molecule has 288 valence electrons. The number of hydrogen-bond donors (Lipinski definition) is 1. The molecule has 1 N–H and O–H groups in total. The van der Waals surface area contributed by atoms with Crippen LogP contribution in [0.15, 0.2) is 117 Å². The Morgan fingerprint density at radius 2 is 1.18 bits per heavy atom. The molecule has 0 aliphatic rings. The molecule has 0 amide bonds. The van der Waals surface area contributed by atoms with Gasteiger partial charge in [0.05, 0.1) is 57.8 Å². The molecule has 0 radical (unpaired) electrons. The summed E-state index contributed by atoms with van der Waals surface area (Å²) in [6, 6.07) is 30.5. The Balaban J connectivity index is 1.67. The molecule has 0 aliphatic carbocycles. The van der Waals surface area contributed by atoms with Crippen LogP contribution in [0.5, 0.6) is 11.5 Å². The first-order valence-electron chi connectivity index (χ1n) is 17.9. The lowest BCUT2D eigenvalue weighted by Crippen LogP contribution is -2.30. The van der Waals surface area contributed by atoms with E-state index >= 15 is 8.42 Å². The minimum absolute atomic E-state index is 0.0106. The summed E-state index contributed by atoms with van der Waals surface area (Å²) in [5, 5.41) is 1.92. The van der Waals surface area contributed by atoms with Crippen LogP contribution in [0, 0.1) is 41.5 Å². The van der Waals surface area contributed by atoms with Gasteiger partial charge in [-0.2, -0.15) is 0 Å². The molecule has 0 bridgehead atoms. The maximum atomic E-state index is 15.6. The molecule has 0 atom stereocenters. The van der Waals surface area contributed by atoms with Gasteiger partial charge in [-0.3, -0.25) is 4.72 Å². The SMILES string of the molecule is COc1c(C)cc(NS(=O)(=O)c2ccc(C)cc2)c(N(c2cc(C)c(OC)c(C)c2-n2c3ccccc3c3ccc(Br)cc32)S(=O)(=O)c2ccc(C)cc2)c1C. The molecule has 6 aromatic carbocycles. The number of nitrogens with one attached hydrogen (secondary N) is 1. The molecular formula is C44H42BrN3O6S2. The Labute approximate surface area is 336 Å². The van der Waals surface area contributed by atoms with Crippen LogP contribution in [0.4, 0.5) is 17.1 Å². The molecule has 0 fully saturated rings. The smallest absolute Gasteiger partial charge is 0.268 e. The van der Waals surface area contributed by atoms with E-state index in [9.17, 15) is 8.42 Å². The predicted octanol–water partition coefficient (Wildman–Crippen LogP) is 10.7. The lowest BCUT2D eigenvalue weighted by molar-refractivity contribution is 0.408. The van der Waals surface area contributed by atoms with E-state index in [0.717, 1.165) is 37.4 Å². The van der Waals surface area contributed by atoms with Crippen LogP contribution in [-0.2, 0) is 20.0 Å². The van der Waals surface area contributed by atoms with Crippen LogP contribution in [-0.4, -0.2) is 35.6 Å². The Bertz CT molecular complexity index is 2910. The first-order valence-corrected chi connectivity index (χ1v) is 21.6. The Kier molecular flexibility index (Phi) is 10.2. The molecule has 56 heavy (non-hydrogen) atoms. The molecule has 1 heterocycles. The van der Waals surface area contributed by atoms with Gasteiger partial charge in [0.1, 0.15) is 11.5 Å². The van der Waals surface area contributed by atoms with Crippen molar-refractivity contribution in [1.82, 2.24) is 4.57 Å². The zero-order valence-corrected chi connectivity index (χ0v) is 35.6. The fourth-order valence-electron chi connectivity index (χ4n) is 7.59.